The Morgan fingerprint density at radius 3 is 2.10 bits per heavy atom. The van der Waals surface area contributed by atoms with Crippen LogP contribution < -0.4 is 5.32 Å². The molecule has 0 aliphatic heterocycles. The average molecular weight is 281 g/mol. The van der Waals surface area contributed by atoms with Crippen molar-refractivity contribution in [1.82, 2.24) is 0 Å². The Kier molecular flexibility index (Phi) is 4.46. The molecule has 0 spiro atoms. The number of carbonyl (C=O) groups excluding carboxylic acids is 1. The van der Waals surface area contributed by atoms with E-state index in [0.29, 0.717) is 0 Å². The first-order valence-electron chi connectivity index (χ1n) is 7.32. The van der Waals surface area contributed by atoms with Gasteiger partial charge in [0.25, 0.3) is 0 Å². The molecule has 21 heavy (non-hydrogen) atoms. The molecular weight excluding hydrogens is 258 g/mol. The molecule has 2 nitrogen and oxygen atoms in total. The summed E-state index contributed by atoms with van der Waals surface area (Å²) in [4.78, 5) is 12.6. The third-order valence-corrected chi connectivity index (χ3v) is 3.82. The van der Waals surface area contributed by atoms with Crippen molar-refractivity contribution in [1.29, 1.82) is 0 Å². The summed E-state index contributed by atoms with van der Waals surface area (Å²) in [5, 5.41) is 3.10. The van der Waals surface area contributed by atoms with Crippen molar-refractivity contribution in [2.75, 3.05) is 5.32 Å². The summed E-state index contributed by atoms with van der Waals surface area (Å²) < 4.78 is 0. The van der Waals surface area contributed by atoms with Crippen molar-refractivity contribution < 1.29 is 4.79 Å². The van der Waals surface area contributed by atoms with Crippen LogP contribution in [0.4, 0.5) is 5.69 Å². The van der Waals surface area contributed by atoms with E-state index in [4.69, 9.17) is 0 Å². The van der Waals surface area contributed by atoms with Crippen molar-refractivity contribution in [3.8, 4) is 0 Å². The molecule has 0 atom stereocenters. The van der Waals surface area contributed by atoms with Crippen molar-refractivity contribution in [2.45, 2.75) is 34.1 Å². The molecule has 2 aromatic carbocycles. The van der Waals surface area contributed by atoms with E-state index in [9.17, 15) is 4.79 Å². The van der Waals surface area contributed by atoms with E-state index in [2.05, 4.69) is 17.4 Å². The van der Waals surface area contributed by atoms with Crippen LogP contribution in [0.25, 0.3) is 0 Å². The highest BCUT2D eigenvalue weighted by atomic mass is 16.2. The van der Waals surface area contributed by atoms with Gasteiger partial charge < -0.3 is 5.32 Å². The van der Waals surface area contributed by atoms with Crippen LogP contribution in [0.3, 0.4) is 0 Å². The summed E-state index contributed by atoms with van der Waals surface area (Å²) in [5.74, 6) is 0.0590. The van der Waals surface area contributed by atoms with E-state index in [1.807, 2.05) is 64.1 Å². The van der Waals surface area contributed by atoms with Crippen LogP contribution >= 0.6 is 0 Å². The Hall–Kier alpha value is -2.09. The van der Waals surface area contributed by atoms with Gasteiger partial charge in [-0.3, -0.25) is 4.79 Å². The number of hydrogen-bond acceptors (Lipinski definition) is 1. The molecule has 1 N–H and O–H groups in total. The fourth-order valence-electron chi connectivity index (χ4n) is 2.48. The molecule has 0 fully saturated rings. The highest BCUT2D eigenvalue weighted by Crippen LogP contribution is 2.26. The number of aryl methyl sites for hydroxylation is 2. The minimum atomic E-state index is -0.448. The van der Waals surface area contributed by atoms with Crippen LogP contribution in [0.5, 0.6) is 0 Å². The molecule has 110 valence electrons. The zero-order chi connectivity index (χ0) is 15.5. The first-order valence-corrected chi connectivity index (χ1v) is 7.32. The predicted molar refractivity (Wildman–Crippen MR) is 88.5 cm³/mol. The van der Waals surface area contributed by atoms with Crippen LogP contribution in [0.1, 0.15) is 30.5 Å². The molecule has 0 heterocycles. The quantitative estimate of drug-likeness (QED) is 0.877. The second kappa shape index (κ2) is 6.13. The highest BCUT2D eigenvalue weighted by Gasteiger charge is 2.28. The van der Waals surface area contributed by atoms with Gasteiger partial charge in [-0.2, -0.15) is 0 Å². The lowest BCUT2D eigenvalue weighted by atomic mass is 9.84. The summed E-state index contributed by atoms with van der Waals surface area (Å²) in [7, 11) is 0. The topological polar surface area (TPSA) is 29.1 Å². The summed E-state index contributed by atoms with van der Waals surface area (Å²) in [6.45, 7) is 8.02. The van der Waals surface area contributed by atoms with Gasteiger partial charge in [0.15, 0.2) is 0 Å². The van der Waals surface area contributed by atoms with Gasteiger partial charge >= 0.3 is 0 Å². The molecule has 2 rings (SSSR count). The molecule has 0 aromatic heterocycles. The molecule has 0 bridgehead atoms. The summed E-state index contributed by atoms with van der Waals surface area (Å²) >= 11 is 0. The van der Waals surface area contributed by atoms with Crippen LogP contribution in [0.2, 0.25) is 0 Å². The maximum absolute atomic E-state index is 12.6. The van der Waals surface area contributed by atoms with Gasteiger partial charge in [-0.05, 0) is 37.0 Å². The van der Waals surface area contributed by atoms with Crippen LogP contribution in [0.15, 0.2) is 48.5 Å². The molecule has 0 radical (unpaired) electrons. The number of hydrogen-bond donors (Lipinski definition) is 1. The number of nitrogens with one attached hydrogen (secondary N) is 1. The minimum absolute atomic E-state index is 0.0590. The standard InChI is InChI=1S/C19H23NO/c1-14-9-8-10-15(2)17(14)20-18(21)19(3,4)13-16-11-6-5-7-12-16/h5-12H,13H2,1-4H3,(H,20,21). The SMILES string of the molecule is Cc1cccc(C)c1NC(=O)C(C)(C)Cc1ccccc1. The van der Waals surface area contributed by atoms with Crippen molar-refractivity contribution >= 4 is 11.6 Å². The predicted octanol–water partition coefficient (Wildman–Crippen LogP) is 4.51. The first-order chi connectivity index (χ1) is 9.90. The van der Waals surface area contributed by atoms with Gasteiger partial charge in [0.2, 0.25) is 5.91 Å². The number of carbonyl (C=O) groups is 1. The van der Waals surface area contributed by atoms with E-state index in [1.165, 1.54) is 5.56 Å². The molecule has 0 saturated carbocycles. The van der Waals surface area contributed by atoms with Crippen molar-refractivity contribution in [3.05, 3.63) is 65.2 Å². The normalized spacial score (nSPS) is 11.2. The van der Waals surface area contributed by atoms with Crippen LogP contribution in [-0.4, -0.2) is 5.91 Å². The van der Waals surface area contributed by atoms with Crippen molar-refractivity contribution in [3.63, 3.8) is 0 Å². The van der Waals surface area contributed by atoms with Gasteiger partial charge in [0.05, 0.1) is 0 Å². The lowest BCUT2D eigenvalue weighted by molar-refractivity contribution is -0.123. The Bertz CT molecular complexity index is 609. The number of anilines is 1. The molecule has 1 amide bonds. The molecule has 2 aromatic rings. The van der Waals surface area contributed by atoms with Crippen molar-refractivity contribution in [2.24, 2.45) is 5.41 Å². The summed E-state index contributed by atoms with van der Waals surface area (Å²) in [5.41, 5.74) is 3.86. The minimum Gasteiger partial charge on any atom is -0.325 e. The Morgan fingerprint density at radius 2 is 1.52 bits per heavy atom. The molecular formula is C19H23NO. The largest absolute Gasteiger partial charge is 0.325 e. The maximum atomic E-state index is 12.6. The molecule has 2 heteroatoms. The van der Waals surface area contributed by atoms with E-state index in [1.54, 1.807) is 0 Å². The van der Waals surface area contributed by atoms with E-state index in [-0.39, 0.29) is 5.91 Å². The smallest absolute Gasteiger partial charge is 0.230 e. The monoisotopic (exact) mass is 281 g/mol. The highest BCUT2D eigenvalue weighted by molar-refractivity contribution is 5.96. The Morgan fingerprint density at radius 1 is 0.952 bits per heavy atom. The lowest BCUT2D eigenvalue weighted by Gasteiger charge is -2.25. The van der Waals surface area contributed by atoms with Gasteiger partial charge in [-0.25, -0.2) is 0 Å². The number of rotatable bonds is 4. The average Bonchev–Trinajstić information content (AvgIpc) is 2.43. The molecule has 0 saturated heterocycles. The fraction of sp³-hybridized carbons (Fsp3) is 0.316. The van der Waals surface area contributed by atoms with E-state index >= 15 is 0 Å². The van der Waals surface area contributed by atoms with Gasteiger partial charge in [-0.15, -0.1) is 0 Å². The van der Waals surface area contributed by atoms with Gasteiger partial charge in [-0.1, -0.05) is 62.4 Å². The first kappa shape index (κ1) is 15.3. The Labute approximate surface area is 127 Å². The zero-order valence-corrected chi connectivity index (χ0v) is 13.2. The number of para-hydroxylation sites is 1. The third kappa shape index (κ3) is 3.72. The van der Waals surface area contributed by atoms with Crippen LogP contribution in [-0.2, 0) is 11.2 Å². The summed E-state index contributed by atoms with van der Waals surface area (Å²) in [6.07, 6.45) is 0.727. The number of amides is 1. The lowest BCUT2D eigenvalue weighted by Crippen LogP contribution is -2.33. The zero-order valence-electron chi connectivity index (χ0n) is 13.2. The number of benzene rings is 2. The van der Waals surface area contributed by atoms with E-state index in [0.717, 1.165) is 23.2 Å². The second-order valence-corrected chi connectivity index (χ2v) is 6.27. The van der Waals surface area contributed by atoms with E-state index < -0.39 is 5.41 Å². The Balaban J connectivity index is 2.15. The molecule has 0 aliphatic rings. The van der Waals surface area contributed by atoms with Gasteiger partial charge in [0, 0.05) is 11.1 Å². The fourth-order valence-corrected chi connectivity index (χ4v) is 2.48. The molecule has 0 aliphatic carbocycles. The molecule has 0 unspecified atom stereocenters. The van der Waals surface area contributed by atoms with Gasteiger partial charge in [0.1, 0.15) is 0 Å². The summed E-state index contributed by atoms with van der Waals surface area (Å²) in [6, 6.07) is 16.2. The van der Waals surface area contributed by atoms with Crippen LogP contribution in [0, 0.1) is 19.3 Å². The maximum Gasteiger partial charge on any atom is 0.230 e. The third-order valence-electron chi connectivity index (χ3n) is 3.82. The second-order valence-electron chi connectivity index (χ2n) is 6.27.